The van der Waals surface area contributed by atoms with E-state index in [-0.39, 0.29) is 22.3 Å². The van der Waals surface area contributed by atoms with E-state index in [1.54, 1.807) is 36.7 Å². The average molecular weight is 789 g/mol. The van der Waals surface area contributed by atoms with Crippen LogP contribution >= 0.6 is 0 Å². The first-order chi connectivity index (χ1) is 29.1. The van der Waals surface area contributed by atoms with Gasteiger partial charge in [-0.25, -0.2) is 19.2 Å². The molecule has 0 atom stereocenters. The molecule has 0 N–H and O–H groups in total. The van der Waals surface area contributed by atoms with Gasteiger partial charge < -0.3 is 18.9 Å². The van der Waals surface area contributed by atoms with Crippen LogP contribution in [0.5, 0.6) is 0 Å². The molecular weight excluding hydrogens is 757 g/mol. The molecule has 2 heterocycles. The van der Waals surface area contributed by atoms with Gasteiger partial charge in [0.05, 0.1) is 62.1 Å². The lowest BCUT2D eigenvalue weighted by Gasteiger charge is -2.04. The van der Waals surface area contributed by atoms with E-state index in [1.807, 2.05) is 72.8 Å². The highest BCUT2D eigenvalue weighted by molar-refractivity contribution is 5.97. The van der Waals surface area contributed by atoms with Crippen molar-refractivity contribution in [1.29, 1.82) is 0 Å². The van der Waals surface area contributed by atoms with Gasteiger partial charge in [0, 0.05) is 56.9 Å². The van der Waals surface area contributed by atoms with Crippen LogP contribution in [0.4, 0.5) is 0 Å². The molecule has 6 aromatic rings. The van der Waals surface area contributed by atoms with Gasteiger partial charge >= 0.3 is 23.9 Å². The number of rotatable bonds is 5. The Morgan fingerprint density at radius 1 is 0.333 bits per heavy atom. The predicted molar refractivity (Wildman–Crippen MR) is 223 cm³/mol. The second kappa shape index (κ2) is 19.4. The zero-order valence-corrected chi connectivity index (χ0v) is 32.7. The van der Waals surface area contributed by atoms with Crippen molar-refractivity contribution in [3.05, 3.63) is 188 Å². The monoisotopic (exact) mass is 788 g/mol. The highest BCUT2D eigenvalue weighted by Gasteiger charge is 2.14. The molecule has 0 aliphatic carbocycles. The van der Waals surface area contributed by atoms with Crippen LogP contribution in [-0.4, -0.2) is 62.3 Å². The fourth-order valence-corrected chi connectivity index (χ4v) is 5.49. The molecule has 6 rings (SSSR count). The van der Waals surface area contributed by atoms with Gasteiger partial charge in [0.25, 0.3) is 0 Å². The Hall–Kier alpha value is -8.70. The largest absolute Gasteiger partial charge is 0.465 e. The van der Waals surface area contributed by atoms with Crippen LogP contribution in [0.2, 0.25) is 0 Å². The Labute approximate surface area is 346 Å². The minimum absolute atomic E-state index is 0.193. The summed E-state index contributed by atoms with van der Waals surface area (Å²) in [6.45, 7) is 0. The molecule has 0 saturated heterocycles. The van der Waals surface area contributed by atoms with Gasteiger partial charge in [0.2, 0.25) is 0 Å². The van der Waals surface area contributed by atoms with Crippen molar-refractivity contribution in [3.63, 3.8) is 0 Å². The molecule has 60 heavy (non-hydrogen) atoms. The van der Waals surface area contributed by atoms with E-state index in [2.05, 4.69) is 57.3 Å². The summed E-state index contributed by atoms with van der Waals surface area (Å²) in [6.07, 6.45) is 3.36. The Kier molecular flexibility index (Phi) is 13.3. The lowest BCUT2D eigenvalue weighted by Crippen LogP contribution is -2.07. The molecule has 0 aliphatic rings. The molecular formula is C50H32N2O8. The molecule has 0 amide bonds. The van der Waals surface area contributed by atoms with E-state index < -0.39 is 23.9 Å². The number of benzene rings is 4. The van der Waals surface area contributed by atoms with Crippen molar-refractivity contribution in [2.24, 2.45) is 0 Å². The van der Waals surface area contributed by atoms with E-state index in [0.717, 1.165) is 22.3 Å². The van der Waals surface area contributed by atoms with Crippen LogP contribution in [0, 0.1) is 47.4 Å². The number of carbonyl (C=O) groups is 4. The molecule has 0 spiro atoms. The molecule has 4 aromatic carbocycles. The number of hydrogen-bond acceptors (Lipinski definition) is 10. The molecule has 0 bridgehead atoms. The maximum Gasteiger partial charge on any atom is 0.337 e. The summed E-state index contributed by atoms with van der Waals surface area (Å²) in [5.41, 5.74) is 7.43. The third-order valence-electron chi connectivity index (χ3n) is 8.51. The fraction of sp³-hybridized carbons (Fsp3) is 0.0800. The van der Waals surface area contributed by atoms with Crippen LogP contribution in [0.15, 0.2) is 122 Å². The highest BCUT2D eigenvalue weighted by Crippen LogP contribution is 2.18. The van der Waals surface area contributed by atoms with Crippen LogP contribution in [0.3, 0.4) is 0 Å². The normalized spacial score (nSPS) is 9.73. The minimum Gasteiger partial charge on any atom is -0.465 e. The van der Waals surface area contributed by atoms with E-state index >= 15 is 0 Å². The first-order valence-corrected chi connectivity index (χ1v) is 18.0. The van der Waals surface area contributed by atoms with Crippen LogP contribution in [-0.2, 0) is 18.9 Å². The lowest BCUT2D eigenvalue weighted by atomic mass is 10.0. The molecule has 0 aliphatic heterocycles. The number of esters is 4. The third-order valence-corrected chi connectivity index (χ3v) is 8.51. The standard InChI is InChI=1S/C50H32N2O8/c1-57-47(53)41-25-39(26-42(31-41)48(54)58-2)19-15-35-9-5-33(6-10-35)13-17-37-21-23-51-45(29-37)46-30-38(22-24-52-46)18-14-34-7-11-36(12-8-34)16-20-40-27-43(49(55)59-3)32-44(28-40)50(56)60-4/h5-12,21-32H,1-4H3. The quantitative estimate of drug-likeness (QED) is 0.103. The number of nitrogens with zero attached hydrogens (tertiary/aromatic N) is 2. The summed E-state index contributed by atoms with van der Waals surface area (Å²) in [4.78, 5) is 57.4. The third kappa shape index (κ3) is 10.8. The van der Waals surface area contributed by atoms with Crippen molar-refractivity contribution in [2.75, 3.05) is 28.4 Å². The van der Waals surface area contributed by atoms with Crippen LogP contribution in [0.1, 0.15) is 85.9 Å². The second-order valence-corrected chi connectivity index (χ2v) is 12.6. The van der Waals surface area contributed by atoms with Crippen molar-refractivity contribution in [2.45, 2.75) is 0 Å². The number of hydrogen-bond donors (Lipinski definition) is 0. The van der Waals surface area contributed by atoms with Gasteiger partial charge in [0.1, 0.15) is 0 Å². The SMILES string of the molecule is COC(=O)c1cc(C#Cc2ccc(C#Cc3ccnc(-c4cc(C#Cc5ccc(C#Cc6cc(C(=O)OC)cc(C(=O)OC)c6)cc5)ccn4)c3)cc2)cc(C(=O)OC)c1. The van der Waals surface area contributed by atoms with Crippen LogP contribution in [0.25, 0.3) is 11.4 Å². The topological polar surface area (TPSA) is 131 Å². The first-order valence-electron chi connectivity index (χ1n) is 18.0. The highest BCUT2D eigenvalue weighted by atomic mass is 16.5. The summed E-state index contributed by atoms with van der Waals surface area (Å²) in [5, 5.41) is 0. The molecule has 2 aromatic heterocycles. The van der Waals surface area contributed by atoms with Crippen molar-refractivity contribution in [1.82, 2.24) is 9.97 Å². The van der Waals surface area contributed by atoms with E-state index in [4.69, 9.17) is 18.9 Å². The van der Waals surface area contributed by atoms with Crippen molar-refractivity contribution < 1.29 is 38.1 Å². The zero-order valence-electron chi connectivity index (χ0n) is 32.7. The van der Waals surface area contributed by atoms with Gasteiger partial charge in [0.15, 0.2) is 0 Å². The molecule has 0 radical (unpaired) electrons. The Morgan fingerprint density at radius 3 is 0.850 bits per heavy atom. The lowest BCUT2D eigenvalue weighted by molar-refractivity contribution is 0.0581. The molecule has 10 heteroatoms. The molecule has 10 nitrogen and oxygen atoms in total. The second-order valence-electron chi connectivity index (χ2n) is 12.6. The predicted octanol–water partition coefficient (Wildman–Crippen LogP) is 6.89. The number of pyridine rings is 2. The van der Waals surface area contributed by atoms with Gasteiger partial charge in [-0.2, -0.15) is 0 Å². The molecule has 0 unspecified atom stereocenters. The number of aromatic nitrogens is 2. The summed E-state index contributed by atoms with van der Waals surface area (Å²) in [5.74, 6) is 22.4. The zero-order chi connectivity index (χ0) is 42.4. The Balaban J connectivity index is 1.12. The van der Waals surface area contributed by atoms with Crippen molar-refractivity contribution in [3.8, 4) is 58.8 Å². The maximum absolute atomic E-state index is 12.1. The van der Waals surface area contributed by atoms with Gasteiger partial charge in [-0.3, -0.25) is 9.97 Å². The minimum atomic E-state index is -0.587. The molecule has 0 fully saturated rings. The Bertz CT molecular complexity index is 2640. The molecule has 0 saturated carbocycles. The van der Waals surface area contributed by atoms with E-state index in [0.29, 0.717) is 33.6 Å². The molecule has 290 valence electrons. The summed E-state index contributed by atoms with van der Waals surface area (Å²) >= 11 is 0. The number of methoxy groups -OCH3 is 4. The van der Waals surface area contributed by atoms with Gasteiger partial charge in [-0.15, -0.1) is 0 Å². The maximum atomic E-state index is 12.1. The number of ether oxygens (including phenoxy) is 4. The summed E-state index contributed by atoms with van der Waals surface area (Å²) in [6, 6.07) is 31.1. The fourth-order valence-electron chi connectivity index (χ4n) is 5.49. The van der Waals surface area contributed by atoms with Gasteiger partial charge in [-0.05, 0) is 109 Å². The smallest absolute Gasteiger partial charge is 0.337 e. The Morgan fingerprint density at radius 2 is 0.583 bits per heavy atom. The summed E-state index contributed by atoms with van der Waals surface area (Å²) in [7, 11) is 5.05. The number of carbonyl (C=O) groups excluding carboxylic acids is 4. The average Bonchev–Trinajstić information content (AvgIpc) is 3.30. The van der Waals surface area contributed by atoms with Gasteiger partial charge in [-0.1, -0.05) is 47.4 Å². The first kappa shape index (κ1) is 40.9. The summed E-state index contributed by atoms with van der Waals surface area (Å²) < 4.78 is 19.2. The van der Waals surface area contributed by atoms with Crippen molar-refractivity contribution >= 4 is 23.9 Å². The van der Waals surface area contributed by atoms with E-state index in [1.165, 1.54) is 40.6 Å². The van der Waals surface area contributed by atoms with Crippen LogP contribution < -0.4 is 0 Å². The van der Waals surface area contributed by atoms with E-state index in [9.17, 15) is 19.2 Å².